The Morgan fingerprint density at radius 2 is 1.88 bits per heavy atom. The van der Waals surface area contributed by atoms with Crippen LogP contribution in [-0.4, -0.2) is 85.1 Å². The summed E-state index contributed by atoms with van der Waals surface area (Å²) in [6.45, 7) is 17.2. The van der Waals surface area contributed by atoms with Crippen molar-refractivity contribution in [3.63, 3.8) is 0 Å². The molecule has 0 spiro atoms. The van der Waals surface area contributed by atoms with Crippen LogP contribution in [0.2, 0.25) is 0 Å². The highest BCUT2D eigenvalue weighted by molar-refractivity contribution is 5.92. The average molecular weight is 459 g/mol. The molecule has 186 valence electrons. The van der Waals surface area contributed by atoms with Crippen LogP contribution >= 0.6 is 0 Å². The van der Waals surface area contributed by atoms with E-state index in [1.165, 1.54) is 51.7 Å². The molecular formula is C27H46N4O2. The molecule has 0 saturated carbocycles. The first-order chi connectivity index (χ1) is 16.0. The van der Waals surface area contributed by atoms with Crippen molar-refractivity contribution in [3.8, 4) is 0 Å². The molecule has 33 heavy (non-hydrogen) atoms. The molecule has 0 bridgehead atoms. The van der Waals surface area contributed by atoms with E-state index in [0.717, 1.165) is 57.0 Å². The highest BCUT2D eigenvalue weighted by atomic mass is 16.5. The van der Waals surface area contributed by atoms with E-state index in [0.29, 0.717) is 11.7 Å². The van der Waals surface area contributed by atoms with Crippen molar-refractivity contribution in [1.29, 1.82) is 0 Å². The van der Waals surface area contributed by atoms with Crippen LogP contribution in [-0.2, 0) is 4.74 Å². The minimum Gasteiger partial charge on any atom is -0.381 e. The highest BCUT2D eigenvalue weighted by Crippen LogP contribution is 2.21. The maximum Gasteiger partial charge on any atom is 0.178 e. The number of hydrogen-bond donors (Lipinski definition) is 0. The molecular weight excluding hydrogens is 412 g/mol. The Morgan fingerprint density at radius 1 is 1.09 bits per heavy atom. The lowest BCUT2D eigenvalue weighted by Crippen LogP contribution is -2.47. The molecule has 1 aromatic heterocycles. The topological polar surface area (TPSA) is 48.9 Å². The van der Waals surface area contributed by atoms with Gasteiger partial charge in [0.25, 0.3) is 0 Å². The number of hydrogen-bond acceptors (Lipinski definition) is 6. The Hall–Kier alpha value is -1.50. The van der Waals surface area contributed by atoms with E-state index in [9.17, 15) is 4.79 Å². The molecule has 1 unspecified atom stereocenters. The van der Waals surface area contributed by atoms with Crippen LogP contribution in [0.25, 0.3) is 0 Å². The van der Waals surface area contributed by atoms with Crippen LogP contribution in [0.4, 0.5) is 5.82 Å². The van der Waals surface area contributed by atoms with Crippen LogP contribution in [0, 0.1) is 5.92 Å². The molecule has 1 atom stereocenters. The van der Waals surface area contributed by atoms with Gasteiger partial charge in [0.2, 0.25) is 0 Å². The summed E-state index contributed by atoms with van der Waals surface area (Å²) in [5.74, 6) is 1.87. The first-order valence-electron chi connectivity index (χ1n) is 13.3. The van der Waals surface area contributed by atoms with E-state index < -0.39 is 0 Å². The van der Waals surface area contributed by atoms with Crippen molar-refractivity contribution >= 4 is 11.6 Å². The number of carbonyl (C=O) groups is 1. The number of ketones is 1. The van der Waals surface area contributed by atoms with Crippen LogP contribution in [0.5, 0.6) is 0 Å². The molecule has 0 radical (unpaired) electrons. The first kappa shape index (κ1) is 26.1. The lowest BCUT2D eigenvalue weighted by Gasteiger charge is -2.39. The molecule has 0 amide bonds. The van der Waals surface area contributed by atoms with Gasteiger partial charge in [0.1, 0.15) is 11.5 Å². The normalized spacial score (nSPS) is 23.3. The summed E-state index contributed by atoms with van der Waals surface area (Å²) in [6.07, 6.45) is 7.71. The predicted molar refractivity (Wildman–Crippen MR) is 136 cm³/mol. The number of pyridine rings is 1. The van der Waals surface area contributed by atoms with Crippen LogP contribution < -0.4 is 4.90 Å². The van der Waals surface area contributed by atoms with Gasteiger partial charge in [0.15, 0.2) is 5.78 Å². The summed E-state index contributed by atoms with van der Waals surface area (Å²) in [5.41, 5.74) is 0.569. The van der Waals surface area contributed by atoms with Crippen molar-refractivity contribution in [3.05, 3.63) is 23.9 Å². The fourth-order valence-corrected chi connectivity index (χ4v) is 5.31. The molecule has 1 aromatic rings. The van der Waals surface area contributed by atoms with Gasteiger partial charge >= 0.3 is 0 Å². The summed E-state index contributed by atoms with van der Waals surface area (Å²) < 4.78 is 5.21. The third kappa shape index (κ3) is 8.04. The van der Waals surface area contributed by atoms with Crippen molar-refractivity contribution < 1.29 is 9.53 Å². The number of anilines is 1. The Balaban J connectivity index is 0.000000323. The van der Waals surface area contributed by atoms with Gasteiger partial charge in [-0.25, -0.2) is 4.98 Å². The second-order valence-electron chi connectivity index (χ2n) is 10.2. The average Bonchev–Trinajstić information content (AvgIpc) is 3.21. The highest BCUT2D eigenvalue weighted by Gasteiger charge is 2.27. The van der Waals surface area contributed by atoms with Crippen LogP contribution in [0.1, 0.15) is 76.7 Å². The van der Waals surface area contributed by atoms with Crippen LogP contribution in [0.3, 0.4) is 0 Å². The number of carbonyl (C=O) groups excluding carboxylic acids is 1. The fourth-order valence-electron chi connectivity index (χ4n) is 5.31. The molecule has 0 N–H and O–H groups in total. The molecule has 4 heterocycles. The molecule has 6 nitrogen and oxygen atoms in total. The van der Waals surface area contributed by atoms with Crippen molar-refractivity contribution in [2.75, 3.05) is 57.4 Å². The summed E-state index contributed by atoms with van der Waals surface area (Å²) in [6, 6.07) is 7.18. The van der Waals surface area contributed by atoms with Gasteiger partial charge in [-0.1, -0.05) is 19.4 Å². The van der Waals surface area contributed by atoms with Crippen molar-refractivity contribution in [2.45, 2.75) is 78.3 Å². The van der Waals surface area contributed by atoms with E-state index in [1.54, 1.807) is 13.0 Å². The first-order valence-corrected chi connectivity index (χ1v) is 13.3. The zero-order valence-electron chi connectivity index (χ0n) is 21.5. The summed E-state index contributed by atoms with van der Waals surface area (Å²) in [4.78, 5) is 23.8. The number of aromatic nitrogens is 1. The quantitative estimate of drug-likeness (QED) is 0.586. The Morgan fingerprint density at radius 3 is 2.52 bits per heavy atom. The zero-order chi connectivity index (χ0) is 23.6. The third-order valence-corrected chi connectivity index (χ3v) is 7.42. The molecule has 6 heteroatoms. The van der Waals surface area contributed by atoms with Gasteiger partial charge in [-0.15, -0.1) is 0 Å². The van der Waals surface area contributed by atoms with E-state index in [-0.39, 0.29) is 5.78 Å². The standard InChI is InChI=1S/C20H32N4O.C7H14O/c1-16(2)22-12-8-18(9-13-22)23-10-5-11-24(15-14-23)20-7-4-6-19(21-20)17(3)25;1-2-3-7-4-5-8-6-7/h4,6-7,16,18H,5,8-15H2,1-3H3;7H,2-6H2,1H3. The number of nitrogens with zero attached hydrogens (tertiary/aromatic N) is 4. The number of Topliss-reactive ketones (excluding diaryl/α,β-unsaturated/α-hetero) is 1. The molecule has 0 aliphatic carbocycles. The number of piperidine rings is 1. The molecule has 3 aliphatic heterocycles. The Labute approximate surface area is 201 Å². The van der Waals surface area contributed by atoms with Gasteiger partial charge < -0.3 is 14.5 Å². The smallest absolute Gasteiger partial charge is 0.178 e. The lowest BCUT2D eigenvalue weighted by atomic mass is 10.0. The van der Waals surface area contributed by atoms with E-state index in [2.05, 4.69) is 40.5 Å². The maximum absolute atomic E-state index is 11.6. The summed E-state index contributed by atoms with van der Waals surface area (Å²) in [5, 5.41) is 0. The van der Waals surface area contributed by atoms with Crippen molar-refractivity contribution in [1.82, 2.24) is 14.8 Å². The predicted octanol–water partition coefficient (Wildman–Crippen LogP) is 4.49. The number of rotatable bonds is 6. The largest absolute Gasteiger partial charge is 0.381 e. The van der Waals surface area contributed by atoms with Gasteiger partial charge in [0.05, 0.1) is 0 Å². The SMILES string of the molecule is CC(=O)c1cccc(N2CCCN(C3CCN(C(C)C)CC3)CC2)n1.CCCC1CCOC1. The van der Waals surface area contributed by atoms with E-state index >= 15 is 0 Å². The third-order valence-electron chi connectivity index (χ3n) is 7.42. The minimum absolute atomic E-state index is 0.0372. The van der Waals surface area contributed by atoms with E-state index in [1.807, 2.05) is 12.1 Å². The molecule has 0 aromatic carbocycles. The molecule has 4 rings (SSSR count). The summed E-state index contributed by atoms with van der Waals surface area (Å²) in [7, 11) is 0. The van der Waals surface area contributed by atoms with Gasteiger partial charge in [-0.3, -0.25) is 9.69 Å². The lowest BCUT2D eigenvalue weighted by molar-refractivity contribution is 0.0965. The number of likely N-dealkylation sites (tertiary alicyclic amines) is 1. The Bertz CT molecular complexity index is 712. The van der Waals surface area contributed by atoms with Crippen molar-refractivity contribution in [2.24, 2.45) is 5.92 Å². The van der Waals surface area contributed by atoms with Gasteiger partial charge in [-0.2, -0.15) is 0 Å². The summed E-state index contributed by atoms with van der Waals surface area (Å²) >= 11 is 0. The van der Waals surface area contributed by atoms with Gasteiger partial charge in [0, 0.05) is 58.4 Å². The second-order valence-corrected chi connectivity index (χ2v) is 10.2. The fraction of sp³-hybridized carbons (Fsp3) is 0.778. The second kappa shape index (κ2) is 13.4. The number of ether oxygens (including phenoxy) is 1. The van der Waals surface area contributed by atoms with E-state index in [4.69, 9.17) is 4.74 Å². The minimum atomic E-state index is 0.0372. The van der Waals surface area contributed by atoms with Crippen LogP contribution in [0.15, 0.2) is 18.2 Å². The zero-order valence-corrected chi connectivity index (χ0v) is 21.5. The van der Waals surface area contributed by atoms with Gasteiger partial charge in [-0.05, 0) is 77.1 Å². The molecule has 3 aliphatic rings. The monoisotopic (exact) mass is 458 g/mol. The molecule has 3 saturated heterocycles. The Kier molecular flexibility index (Phi) is 10.6. The molecule has 3 fully saturated rings. The maximum atomic E-state index is 11.6.